The summed E-state index contributed by atoms with van der Waals surface area (Å²) in [6, 6.07) is 5.83. The van der Waals surface area contributed by atoms with E-state index < -0.39 is 0 Å². The zero-order valence-electron chi connectivity index (χ0n) is 7.81. The molecule has 1 N–H and O–H groups in total. The van der Waals surface area contributed by atoms with Gasteiger partial charge in [0.2, 0.25) is 0 Å². The van der Waals surface area contributed by atoms with Crippen LogP contribution < -0.4 is 5.32 Å². The van der Waals surface area contributed by atoms with Crippen molar-refractivity contribution in [1.82, 2.24) is 5.32 Å². The number of rotatable bonds is 1. The normalized spacial score (nSPS) is 22.2. The Hall–Kier alpha value is -0.890. The maximum atomic E-state index is 13.0. The predicted molar refractivity (Wildman–Crippen MR) is 51.1 cm³/mol. The van der Waals surface area contributed by atoms with Crippen LogP contribution in [0.3, 0.4) is 0 Å². The third-order valence-electron chi connectivity index (χ3n) is 2.64. The average Bonchev–Trinajstić information content (AvgIpc) is 2.62. The zero-order valence-corrected chi connectivity index (χ0v) is 7.81. The average molecular weight is 179 g/mol. The lowest BCUT2D eigenvalue weighted by atomic mass is 10.0. The van der Waals surface area contributed by atoms with Crippen molar-refractivity contribution in [3.63, 3.8) is 0 Å². The predicted octanol–water partition coefficient (Wildman–Crippen LogP) is 2.56. The van der Waals surface area contributed by atoms with Gasteiger partial charge in [-0.25, -0.2) is 4.39 Å². The first-order valence-corrected chi connectivity index (χ1v) is 4.77. The van der Waals surface area contributed by atoms with Crippen LogP contribution in [0.5, 0.6) is 0 Å². The van der Waals surface area contributed by atoms with Gasteiger partial charge in [-0.05, 0) is 43.5 Å². The van der Waals surface area contributed by atoms with Crippen LogP contribution in [0.25, 0.3) is 0 Å². The molecule has 0 radical (unpaired) electrons. The summed E-state index contributed by atoms with van der Waals surface area (Å²) in [5, 5.41) is 3.40. The van der Waals surface area contributed by atoms with Crippen LogP contribution in [0, 0.1) is 12.7 Å². The van der Waals surface area contributed by atoms with Crippen molar-refractivity contribution in [3.8, 4) is 0 Å². The summed E-state index contributed by atoms with van der Waals surface area (Å²) in [5.41, 5.74) is 1.96. The van der Waals surface area contributed by atoms with Crippen molar-refractivity contribution in [2.24, 2.45) is 0 Å². The lowest BCUT2D eigenvalue weighted by molar-refractivity contribution is 0.609. The fourth-order valence-electron chi connectivity index (χ4n) is 1.85. The minimum atomic E-state index is -0.109. The van der Waals surface area contributed by atoms with Crippen molar-refractivity contribution < 1.29 is 4.39 Å². The lowest BCUT2D eigenvalue weighted by Crippen LogP contribution is -2.12. The van der Waals surface area contributed by atoms with Crippen LogP contribution >= 0.6 is 0 Å². The fraction of sp³-hybridized carbons (Fsp3) is 0.455. The molecule has 0 saturated carbocycles. The molecular formula is C11H14FN. The van der Waals surface area contributed by atoms with Gasteiger partial charge < -0.3 is 5.32 Å². The van der Waals surface area contributed by atoms with Gasteiger partial charge >= 0.3 is 0 Å². The minimum Gasteiger partial charge on any atom is -0.310 e. The summed E-state index contributed by atoms with van der Waals surface area (Å²) >= 11 is 0. The standard InChI is InChI=1S/C11H14FN/c1-8-7-9(4-5-10(8)12)11-3-2-6-13-11/h4-5,7,11,13H,2-3,6H2,1H3/t11-/m1/s1. The molecule has 1 heterocycles. The van der Waals surface area contributed by atoms with Gasteiger partial charge in [-0.3, -0.25) is 0 Å². The number of benzene rings is 1. The Morgan fingerprint density at radius 2 is 2.31 bits per heavy atom. The molecule has 0 spiro atoms. The Labute approximate surface area is 78.0 Å². The second kappa shape index (κ2) is 3.46. The van der Waals surface area contributed by atoms with E-state index in [1.54, 1.807) is 6.07 Å². The smallest absolute Gasteiger partial charge is 0.126 e. The Balaban J connectivity index is 2.25. The van der Waals surface area contributed by atoms with Gasteiger partial charge in [0.05, 0.1) is 0 Å². The van der Waals surface area contributed by atoms with Crippen molar-refractivity contribution in [2.75, 3.05) is 6.54 Å². The quantitative estimate of drug-likeness (QED) is 0.698. The molecule has 0 bridgehead atoms. The molecule has 1 saturated heterocycles. The summed E-state index contributed by atoms with van der Waals surface area (Å²) in [5.74, 6) is -0.109. The molecule has 0 aromatic heterocycles. The highest BCUT2D eigenvalue weighted by atomic mass is 19.1. The Morgan fingerprint density at radius 1 is 1.46 bits per heavy atom. The molecule has 0 unspecified atom stereocenters. The molecule has 2 rings (SSSR count). The van der Waals surface area contributed by atoms with Crippen molar-refractivity contribution in [3.05, 3.63) is 35.1 Å². The topological polar surface area (TPSA) is 12.0 Å². The SMILES string of the molecule is Cc1cc([C@H]2CCCN2)ccc1F. The van der Waals surface area contributed by atoms with Crippen molar-refractivity contribution in [2.45, 2.75) is 25.8 Å². The summed E-state index contributed by atoms with van der Waals surface area (Å²) < 4.78 is 13.0. The highest BCUT2D eigenvalue weighted by Crippen LogP contribution is 2.24. The first kappa shape index (κ1) is 8.70. The van der Waals surface area contributed by atoms with E-state index in [9.17, 15) is 4.39 Å². The molecule has 70 valence electrons. The molecule has 1 nitrogen and oxygen atoms in total. The van der Waals surface area contributed by atoms with Gasteiger partial charge in [-0.15, -0.1) is 0 Å². The van der Waals surface area contributed by atoms with Crippen molar-refractivity contribution >= 4 is 0 Å². The highest BCUT2D eigenvalue weighted by Gasteiger charge is 2.16. The highest BCUT2D eigenvalue weighted by molar-refractivity contribution is 5.26. The number of hydrogen-bond acceptors (Lipinski definition) is 1. The van der Waals surface area contributed by atoms with Gasteiger partial charge in [-0.2, -0.15) is 0 Å². The maximum absolute atomic E-state index is 13.0. The molecule has 1 aliphatic heterocycles. The summed E-state index contributed by atoms with van der Waals surface area (Å²) in [4.78, 5) is 0. The second-order valence-electron chi connectivity index (χ2n) is 3.66. The maximum Gasteiger partial charge on any atom is 0.126 e. The van der Waals surface area contributed by atoms with Gasteiger partial charge in [0.15, 0.2) is 0 Å². The molecule has 0 aliphatic carbocycles. The zero-order chi connectivity index (χ0) is 9.26. The molecule has 1 atom stereocenters. The van der Waals surface area contributed by atoms with E-state index in [1.165, 1.54) is 18.4 Å². The van der Waals surface area contributed by atoms with Gasteiger partial charge in [0, 0.05) is 6.04 Å². The van der Waals surface area contributed by atoms with Crippen LogP contribution in [-0.2, 0) is 0 Å². The third-order valence-corrected chi connectivity index (χ3v) is 2.64. The largest absolute Gasteiger partial charge is 0.310 e. The second-order valence-corrected chi connectivity index (χ2v) is 3.66. The van der Waals surface area contributed by atoms with E-state index >= 15 is 0 Å². The molecule has 1 aliphatic rings. The van der Waals surface area contributed by atoms with Gasteiger partial charge in [0.1, 0.15) is 5.82 Å². The molecule has 1 aromatic carbocycles. The van der Waals surface area contributed by atoms with Gasteiger partial charge in [-0.1, -0.05) is 12.1 Å². The molecule has 2 heteroatoms. The number of halogens is 1. The monoisotopic (exact) mass is 179 g/mol. The van der Waals surface area contributed by atoms with Crippen LogP contribution in [0.15, 0.2) is 18.2 Å². The fourth-order valence-corrected chi connectivity index (χ4v) is 1.85. The molecule has 1 aromatic rings. The molecular weight excluding hydrogens is 165 g/mol. The van der Waals surface area contributed by atoms with Crippen LogP contribution in [0.2, 0.25) is 0 Å². The van der Waals surface area contributed by atoms with Crippen LogP contribution in [0.4, 0.5) is 4.39 Å². The molecule has 1 fully saturated rings. The lowest BCUT2D eigenvalue weighted by Gasteiger charge is -2.11. The Morgan fingerprint density at radius 3 is 2.92 bits per heavy atom. The Kier molecular flexibility index (Phi) is 2.32. The van der Waals surface area contributed by atoms with Crippen molar-refractivity contribution in [1.29, 1.82) is 0 Å². The first-order chi connectivity index (χ1) is 6.27. The van der Waals surface area contributed by atoms with Crippen LogP contribution in [0.1, 0.15) is 30.0 Å². The van der Waals surface area contributed by atoms with E-state index in [-0.39, 0.29) is 5.82 Å². The van der Waals surface area contributed by atoms with Gasteiger partial charge in [0.25, 0.3) is 0 Å². The minimum absolute atomic E-state index is 0.109. The molecule has 13 heavy (non-hydrogen) atoms. The molecule has 0 amide bonds. The summed E-state index contributed by atoms with van der Waals surface area (Å²) in [7, 11) is 0. The number of aryl methyl sites for hydroxylation is 1. The summed E-state index contributed by atoms with van der Waals surface area (Å²) in [6.07, 6.45) is 2.40. The van der Waals surface area contributed by atoms with E-state index in [0.29, 0.717) is 6.04 Å². The van der Waals surface area contributed by atoms with E-state index in [4.69, 9.17) is 0 Å². The van der Waals surface area contributed by atoms with Crippen LogP contribution in [-0.4, -0.2) is 6.54 Å². The first-order valence-electron chi connectivity index (χ1n) is 4.77. The van der Waals surface area contributed by atoms with E-state index in [2.05, 4.69) is 5.32 Å². The third kappa shape index (κ3) is 1.73. The van der Waals surface area contributed by atoms with E-state index in [0.717, 1.165) is 12.1 Å². The number of hydrogen-bond donors (Lipinski definition) is 1. The van der Waals surface area contributed by atoms with E-state index in [1.807, 2.05) is 19.1 Å². The Bertz CT molecular complexity index is 303. The summed E-state index contributed by atoms with van der Waals surface area (Å²) in [6.45, 7) is 2.90. The number of nitrogens with one attached hydrogen (secondary N) is 1.